The van der Waals surface area contributed by atoms with Crippen molar-refractivity contribution in [1.82, 2.24) is 0 Å². The maximum absolute atomic E-state index is 12.0. The molecule has 0 bridgehead atoms. The molecule has 2 rings (SSSR count). The van der Waals surface area contributed by atoms with Gasteiger partial charge in [0.15, 0.2) is 0 Å². The number of hydrogen-bond acceptors (Lipinski definition) is 3. The number of carboxylic acids is 1. The van der Waals surface area contributed by atoms with Crippen molar-refractivity contribution in [3.05, 3.63) is 24.3 Å². The monoisotopic (exact) mass is 249 g/mol. The molecule has 1 aromatic carbocycles. The Morgan fingerprint density at radius 2 is 2.17 bits per heavy atom. The molecule has 18 heavy (non-hydrogen) atoms. The molecule has 1 unspecified atom stereocenters. The molecule has 1 aliphatic heterocycles. The third kappa shape index (κ3) is 2.30. The van der Waals surface area contributed by atoms with E-state index in [4.69, 9.17) is 9.84 Å². The zero-order valence-electron chi connectivity index (χ0n) is 10.1. The molecule has 5 heteroatoms. The van der Waals surface area contributed by atoms with Crippen LogP contribution in [-0.2, 0) is 9.59 Å². The summed E-state index contributed by atoms with van der Waals surface area (Å²) < 4.78 is 5.36. The van der Waals surface area contributed by atoms with Gasteiger partial charge in [0.05, 0.1) is 12.2 Å². The van der Waals surface area contributed by atoms with E-state index in [1.54, 1.807) is 24.3 Å². The highest BCUT2D eigenvalue weighted by atomic mass is 16.5. The van der Waals surface area contributed by atoms with Crippen LogP contribution in [-0.4, -0.2) is 29.6 Å². The number of rotatable bonds is 3. The first-order valence-electron chi connectivity index (χ1n) is 5.92. The fourth-order valence-corrected chi connectivity index (χ4v) is 1.95. The van der Waals surface area contributed by atoms with Crippen molar-refractivity contribution in [2.24, 2.45) is 0 Å². The van der Waals surface area contributed by atoms with Crippen LogP contribution < -0.4 is 9.64 Å². The Labute approximate surface area is 105 Å². The number of carboxylic acid groups (broad SMARTS) is 1. The first kappa shape index (κ1) is 12.4. The third-order valence-electron chi connectivity index (χ3n) is 2.81. The lowest BCUT2D eigenvalue weighted by Crippen LogP contribution is -2.47. The molecule has 0 fully saturated rings. The van der Waals surface area contributed by atoms with Crippen LogP contribution in [0.5, 0.6) is 5.75 Å². The normalized spacial score (nSPS) is 17.8. The van der Waals surface area contributed by atoms with Crippen LogP contribution in [0.4, 0.5) is 5.69 Å². The van der Waals surface area contributed by atoms with Gasteiger partial charge in [-0.05, 0) is 18.6 Å². The Bertz CT molecular complexity index is 472. The highest BCUT2D eigenvalue weighted by Gasteiger charge is 2.32. The highest BCUT2D eigenvalue weighted by molar-refractivity contribution is 5.96. The zero-order chi connectivity index (χ0) is 13.1. The molecule has 1 N–H and O–H groups in total. The second-order valence-corrected chi connectivity index (χ2v) is 4.17. The minimum absolute atomic E-state index is 0.0607. The van der Waals surface area contributed by atoms with Crippen LogP contribution in [0.15, 0.2) is 24.3 Å². The SMILES string of the molecule is CCCC(=O)N1CC(C(=O)O)Oc2ccccc21. The molecule has 96 valence electrons. The number of amides is 1. The third-order valence-corrected chi connectivity index (χ3v) is 2.81. The Hall–Kier alpha value is -2.04. The van der Waals surface area contributed by atoms with E-state index in [0.717, 1.165) is 6.42 Å². The topological polar surface area (TPSA) is 66.8 Å². The van der Waals surface area contributed by atoms with Gasteiger partial charge in [-0.3, -0.25) is 4.79 Å². The first-order valence-corrected chi connectivity index (χ1v) is 5.92. The van der Waals surface area contributed by atoms with E-state index in [9.17, 15) is 9.59 Å². The number of carbonyl (C=O) groups is 2. The predicted molar refractivity (Wildman–Crippen MR) is 65.8 cm³/mol. The lowest BCUT2D eigenvalue weighted by atomic mass is 10.1. The summed E-state index contributed by atoms with van der Waals surface area (Å²) in [4.78, 5) is 24.5. The number of aliphatic carboxylic acids is 1. The van der Waals surface area contributed by atoms with Crippen LogP contribution in [0.25, 0.3) is 0 Å². The van der Waals surface area contributed by atoms with Crippen LogP contribution >= 0.6 is 0 Å². The molecule has 0 saturated heterocycles. The lowest BCUT2D eigenvalue weighted by molar-refractivity contribution is -0.145. The van der Waals surface area contributed by atoms with Gasteiger partial charge in [0, 0.05) is 6.42 Å². The minimum Gasteiger partial charge on any atom is -0.478 e. The number of fused-ring (bicyclic) bond motifs is 1. The Morgan fingerprint density at radius 1 is 1.44 bits per heavy atom. The van der Waals surface area contributed by atoms with Crippen LogP contribution in [0.2, 0.25) is 0 Å². The average molecular weight is 249 g/mol. The number of para-hydroxylation sites is 2. The summed E-state index contributed by atoms with van der Waals surface area (Å²) in [5, 5.41) is 9.03. The summed E-state index contributed by atoms with van der Waals surface area (Å²) in [6.07, 6.45) is 0.136. The quantitative estimate of drug-likeness (QED) is 0.884. The smallest absolute Gasteiger partial charge is 0.346 e. The molecule has 1 amide bonds. The fourth-order valence-electron chi connectivity index (χ4n) is 1.95. The molecular formula is C13H15NO4. The summed E-state index contributed by atoms with van der Waals surface area (Å²) in [5.41, 5.74) is 0.647. The zero-order valence-corrected chi connectivity index (χ0v) is 10.1. The summed E-state index contributed by atoms with van der Waals surface area (Å²) in [6, 6.07) is 7.00. The van der Waals surface area contributed by atoms with Crippen molar-refractivity contribution in [3.63, 3.8) is 0 Å². The molecule has 0 aliphatic carbocycles. The van der Waals surface area contributed by atoms with Crippen molar-refractivity contribution in [3.8, 4) is 5.75 Å². The Kier molecular flexibility index (Phi) is 3.50. The van der Waals surface area contributed by atoms with E-state index in [0.29, 0.717) is 17.9 Å². The fraction of sp³-hybridized carbons (Fsp3) is 0.385. The van der Waals surface area contributed by atoms with E-state index in [2.05, 4.69) is 0 Å². The second-order valence-electron chi connectivity index (χ2n) is 4.17. The summed E-state index contributed by atoms with van der Waals surface area (Å²) in [6.45, 7) is 1.98. The van der Waals surface area contributed by atoms with E-state index < -0.39 is 12.1 Å². The lowest BCUT2D eigenvalue weighted by Gasteiger charge is -2.33. The van der Waals surface area contributed by atoms with Gasteiger partial charge in [0.1, 0.15) is 5.75 Å². The van der Waals surface area contributed by atoms with Crippen LogP contribution in [0, 0.1) is 0 Å². The molecule has 0 aromatic heterocycles. The number of benzene rings is 1. The number of carbonyl (C=O) groups excluding carboxylic acids is 1. The van der Waals surface area contributed by atoms with Gasteiger partial charge in [-0.25, -0.2) is 4.79 Å². The van der Waals surface area contributed by atoms with Crippen molar-refractivity contribution >= 4 is 17.6 Å². The van der Waals surface area contributed by atoms with Crippen molar-refractivity contribution in [2.45, 2.75) is 25.9 Å². The standard InChI is InChI=1S/C13H15NO4/c1-2-5-12(15)14-8-11(13(16)17)18-10-7-4-3-6-9(10)14/h3-4,6-7,11H,2,5,8H2,1H3,(H,16,17). The summed E-state index contributed by atoms with van der Waals surface area (Å²) in [5.74, 6) is -0.682. The van der Waals surface area contributed by atoms with Gasteiger partial charge in [-0.15, -0.1) is 0 Å². The Balaban J connectivity index is 2.33. The highest BCUT2D eigenvalue weighted by Crippen LogP contribution is 2.33. The van der Waals surface area contributed by atoms with Crippen LogP contribution in [0.1, 0.15) is 19.8 Å². The molecule has 0 spiro atoms. The van der Waals surface area contributed by atoms with E-state index >= 15 is 0 Å². The number of nitrogens with zero attached hydrogens (tertiary/aromatic N) is 1. The van der Waals surface area contributed by atoms with Crippen molar-refractivity contribution in [2.75, 3.05) is 11.4 Å². The molecule has 1 aliphatic rings. The van der Waals surface area contributed by atoms with Crippen molar-refractivity contribution < 1.29 is 19.4 Å². The molecule has 0 saturated carbocycles. The van der Waals surface area contributed by atoms with E-state index in [-0.39, 0.29) is 12.5 Å². The molecular weight excluding hydrogens is 234 g/mol. The van der Waals surface area contributed by atoms with Crippen molar-refractivity contribution in [1.29, 1.82) is 0 Å². The summed E-state index contributed by atoms with van der Waals surface area (Å²) >= 11 is 0. The maximum atomic E-state index is 12.0. The molecule has 5 nitrogen and oxygen atoms in total. The Morgan fingerprint density at radius 3 is 2.83 bits per heavy atom. The molecule has 1 aromatic rings. The van der Waals surface area contributed by atoms with E-state index in [1.807, 2.05) is 6.92 Å². The van der Waals surface area contributed by atoms with Gasteiger partial charge < -0.3 is 14.7 Å². The van der Waals surface area contributed by atoms with Crippen LogP contribution in [0.3, 0.4) is 0 Å². The maximum Gasteiger partial charge on any atom is 0.346 e. The summed E-state index contributed by atoms with van der Waals surface area (Å²) in [7, 11) is 0. The largest absolute Gasteiger partial charge is 0.478 e. The molecule has 1 heterocycles. The van der Waals surface area contributed by atoms with Gasteiger partial charge in [0.2, 0.25) is 12.0 Å². The van der Waals surface area contributed by atoms with Gasteiger partial charge in [0.25, 0.3) is 0 Å². The number of ether oxygens (including phenoxy) is 1. The first-order chi connectivity index (χ1) is 8.63. The minimum atomic E-state index is -1.06. The number of hydrogen-bond donors (Lipinski definition) is 1. The number of anilines is 1. The van der Waals surface area contributed by atoms with Gasteiger partial charge in [-0.1, -0.05) is 19.1 Å². The van der Waals surface area contributed by atoms with Gasteiger partial charge >= 0.3 is 5.97 Å². The van der Waals surface area contributed by atoms with E-state index in [1.165, 1.54) is 4.90 Å². The van der Waals surface area contributed by atoms with Gasteiger partial charge in [-0.2, -0.15) is 0 Å². The average Bonchev–Trinajstić information content (AvgIpc) is 2.37. The molecule has 1 atom stereocenters. The molecule has 0 radical (unpaired) electrons. The predicted octanol–water partition coefficient (Wildman–Crippen LogP) is 1.67. The second kappa shape index (κ2) is 5.08.